The van der Waals surface area contributed by atoms with Gasteiger partial charge < -0.3 is 4.74 Å². The van der Waals surface area contributed by atoms with E-state index in [2.05, 4.69) is 4.99 Å². The van der Waals surface area contributed by atoms with E-state index in [0.717, 1.165) is 11.0 Å². The van der Waals surface area contributed by atoms with E-state index < -0.39 is 0 Å². The molecule has 0 fully saturated rings. The molecule has 0 heterocycles. The lowest BCUT2D eigenvalue weighted by Gasteiger charge is -2.02. The molecule has 86 valence electrons. The molecule has 0 amide bonds. The molecule has 3 nitrogen and oxygen atoms in total. The zero-order valence-corrected chi connectivity index (χ0v) is 10.6. The van der Waals surface area contributed by atoms with Crippen molar-refractivity contribution in [3.05, 3.63) is 35.9 Å². The lowest BCUT2D eigenvalue weighted by molar-refractivity contribution is 0.0517. The van der Waals surface area contributed by atoms with Gasteiger partial charge in [0, 0.05) is 11.0 Å². The number of carbonyl (C=O) groups is 1. The summed E-state index contributed by atoms with van der Waals surface area (Å²) in [5, 5.41) is 0. The van der Waals surface area contributed by atoms with Crippen LogP contribution in [0.5, 0.6) is 0 Å². The Hall–Kier alpha value is -0.710. The number of hydrogen-bond acceptors (Lipinski definition) is 4. The zero-order chi connectivity index (χ0) is 11.8. The number of esters is 1. The maximum atomic E-state index is 11.4. The molecule has 0 saturated carbocycles. The maximum absolute atomic E-state index is 11.4. The summed E-state index contributed by atoms with van der Waals surface area (Å²) in [5.41, 5.74) is 0.518. The topological polar surface area (TPSA) is 38.7 Å². The van der Waals surface area contributed by atoms with Crippen LogP contribution in [0.2, 0.25) is 0 Å². The Morgan fingerprint density at radius 3 is 2.69 bits per heavy atom. The van der Waals surface area contributed by atoms with Crippen LogP contribution in [0, 0.1) is 0 Å². The lowest BCUT2D eigenvalue weighted by Crippen LogP contribution is -2.08. The summed E-state index contributed by atoms with van der Waals surface area (Å²) in [6, 6.07) is 8.75. The smallest absolute Gasteiger partial charge is 0.338 e. The fourth-order valence-corrected chi connectivity index (χ4v) is 1.32. The number of hydrogen-bond donors (Lipinski definition) is 0. The zero-order valence-electron chi connectivity index (χ0n) is 8.23. The second-order valence-electron chi connectivity index (χ2n) is 2.71. The second-order valence-corrected chi connectivity index (χ2v) is 4.30. The van der Waals surface area contributed by atoms with Crippen LogP contribution in [0.1, 0.15) is 10.4 Å². The average Bonchev–Trinajstić information content (AvgIpc) is 2.35. The van der Waals surface area contributed by atoms with Crippen LogP contribution >= 0.6 is 33.3 Å². The fourth-order valence-electron chi connectivity index (χ4n) is 0.954. The number of halogens is 2. The molecule has 0 aliphatic rings. The van der Waals surface area contributed by atoms with E-state index in [0.29, 0.717) is 12.1 Å². The SMILES string of the molecule is O=C(OCCN=C(Cl)SCl)c1ccccc1. The minimum Gasteiger partial charge on any atom is -0.460 e. The molecular formula is C10H9Cl2NO2S. The van der Waals surface area contributed by atoms with Crippen LogP contribution < -0.4 is 0 Å². The Kier molecular flexibility index (Phi) is 6.30. The van der Waals surface area contributed by atoms with Gasteiger partial charge in [-0.25, -0.2) is 4.79 Å². The first-order chi connectivity index (χ1) is 7.74. The third kappa shape index (κ3) is 4.88. The van der Waals surface area contributed by atoms with Gasteiger partial charge in [-0.05, 0) is 22.8 Å². The normalized spacial score (nSPS) is 11.2. The van der Waals surface area contributed by atoms with Crippen LogP contribution in [-0.4, -0.2) is 23.6 Å². The highest BCUT2D eigenvalue weighted by Gasteiger charge is 2.04. The Bertz CT molecular complexity index is 370. The monoisotopic (exact) mass is 277 g/mol. The summed E-state index contributed by atoms with van der Waals surface area (Å²) in [4.78, 5) is 15.3. The summed E-state index contributed by atoms with van der Waals surface area (Å²) in [5.74, 6) is -0.370. The first-order valence-corrected chi connectivity index (χ1v) is 6.47. The van der Waals surface area contributed by atoms with E-state index >= 15 is 0 Å². The standard InChI is InChI=1S/C10H9Cl2NO2S/c11-10(16-12)13-6-7-15-9(14)8-4-2-1-3-5-8/h1-5H,6-7H2. The summed E-state index contributed by atoms with van der Waals surface area (Å²) in [7, 11) is 6.16. The lowest BCUT2D eigenvalue weighted by atomic mass is 10.2. The van der Waals surface area contributed by atoms with Crippen molar-refractivity contribution in [3.63, 3.8) is 0 Å². The van der Waals surface area contributed by atoms with Gasteiger partial charge in [0.15, 0.2) is 4.50 Å². The molecule has 0 atom stereocenters. The van der Waals surface area contributed by atoms with Crippen molar-refractivity contribution in [2.75, 3.05) is 13.2 Å². The molecule has 0 radical (unpaired) electrons. The fraction of sp³-hybridized carbons (Fsp3) is 0.200. The van der Waals surface area contributed by atoms with Gasteiger partial charge in [-0.3, -0.25) is 4.99 Å². The van der Waals surface area contributed by atoms with Gasteiger partial charge in [0.1, 0.15) is 6.61 Å². The largest absolute Gasteiger partial charge is 0.460 e. The van der Waals surface area contributed by atoms with E-state index in [1.54, 1.807) is 24.3 Å². The number of rotatable bonds is 4. The van der Waals surface area contributed by atoms with Crippen molar-refractivity contribution >= 4 is 43.7 Å². The highest BCUT2D eigenvalue weighted by molar-refractivity contribution is 8.34. The Labute approximate surface area is 107 Å². The van der Waals surface area contributed by atoms with Crippen molar-refractivity contribution in [1.29, 1.82) is 0 Å². The molecule has 0 unspecified atom stereocenters. The Balaban J connectivity index is 2.32. The molecule has 0 aliphatic carbocycles. The predicted octanol–water partition coefficient (Wildman–Crippen LogP) is 3.33. The van der Waals surface area contributed by atoms with Crippen molar-refractivity contribution in [1.82, 2.24) is 0 Å². The van der Waals surface area contributed by atoms with Crippen LogP contribution in [0.25, 0.3) is 0 Å². The number of nitrogens with zero attached hydrogens (tertiary/aromatic N) is 1. The summed E-state index contributed by atoms with van der Waals surface area (Å²) < 4.78 is 5.20. The van der Waals surface area contributed by atoms with Gasteiger partial charge in [0.2, 0.25) is 0 Å². The highest BCUT2D eigenvalue weighted by atomic mass is 35.7. The van der Waals surface area contributed by atoms with E-state index in [1.807, 2.05) is 6.07 Å². The van der Waals surface area contributed by atoms with Crippen molar-refractivity contribution in [2.24, 2.45) is 4.99 Å². The molecule has 0 saturated heterocycles. The number of ether oxygens (including phenoxy) is 1. The average molecular weight is 278 g/mol. The Morgan fingerprint density at radius 2 is 2.06 bits per heavy atom. The van der Waals surface area contributed by atoms with Crippen molar-refractivity contribution in [3.8, 4) is 0 Å². The van der Waals surface area contributed by atoms with Crippen molar-refractivity contribution in [2.45, 2.75) is 0 Å². The third-order valence-corrected chi connectivity index (χ3v) is 2.92. The minimum atomic E-state index is -0.370. The van der Waals surface area contributed by atoms with Crippen LogP contribution in [0.3, 0.4) is 0 Å². The van der Waals surface area contributed by atoms with E-state index in [4.69, 9.17) is 27.0 Å². The van der Waals surface area contributed by atoms with E-state index in [9.17, 15) is 4.79 Å². The molecule has 0 aliphatic heterocycles. The van der Waals surface area contributed by atoms with Crippen LogP contribution in [0.4, 0.5) is 0 Å². The molecule has 0 N–H and O–H groups in total. The van der Waals surface area contributed by atoms with Crippen LogP contribution in [-0.2, 0) is 4.74 Å². The second kappa shape index (κ2) is 7.54. The molecule has 1 rings (SSSR count). The number of aliphatic imine (C=N–C) groups is 1. The predicted molar refractivity (Wildman–Crippen MR) is 68.3 cm³/mol. The first kappa shape index (κ1) is 13.4. The maximum Gasteiger partial charge on any atom is 0.338 e. The number of carbonyl (C=O) groups excluding carboxylic acids is 1. The first-order valence-electron chi connectivity index (χ1n) is 4.44. The molecule has 6 heteroatoms. The molecule has 1 aromatic carbocycles. The minimum absolute atomic E-state index is 0.182. The van der Waals surface area contributed by atoms with Gasteiger partial charge in [-0.15, -0.1) is 0 Å². The summed E-state index contributed by atoms with van der Waals surface area (Å²) >= 11 is 5.54. The highest BCUT2D eigenvalue weighted by Crippen LogP contribution is 2.12. The Morgan fingerprint density at radius 1 is 1.38 bits per heavy atom. The van der Waals surface area contributed by atoms with Gasteiger partial charge in [-0.2, -0.15) is 0 Å². The van der Waals surface area contributed by atoms with E-state index in [1.165, 1.54) is 0 Å². The third-order valence-electron chi connectivity index (χ3n) is 1.63. The van der Waals surface area contributed by atoms with Gasteiger partial charge >= 0.3 is 5.97 Å². The summed E-state index contributed by atoms with van der Waals surface area (Å²) in [6.45, 7) is 0.485. The van der Waals surface area contributed by atoms with E-state index in [-0.39, 0.29) is 17.1 Å². The molecule has 0 aromatic heterocycles. The molecule has 1 aromatic rings. The van der Waals surface area contributed by atoms with Crippen molar-refractivity contribution < 1.29 is 9.53 Å². The quantitative estimate of drug-likeness (QED) is 0.367. The molecule has 0 spiro atoms. The summed E-state index contributed by atoms with van der Waals surface area (Å²) in [6.07, 6.45) is 0. The molecule has 16 heavy (non-hydrogen) atoms. The molecular weight excluding hydrogens is 269 g/mol. The van der Waals surface area contributed by atoms with Gasteiger partial charge in [0.25, 0.3) is 0 Å². The van der Waals surface area contributed by atoms with Gasteiger partial charge in [-0.1, -0.05) is 29.8 Å². The molecule has 0 bridgehead atoms. The number of benzene rings is 1. The van der Waals surface area contributed by atoms with Crippen LogP contribution in [0.15, 0.2) is 35.3 Å². The van der Waals surface area contributed by atoms with Gasteiger partial charge in [0.05, 0.1) is 12.1 Å².